The molecule has 1 aliphatic heterocycles. The molecule has 128 valence electrons. The first-order valence-corrected chi connectivity index (χ1v) is 8.65. The smallest absolute Gasteiger partial charge is 0.174 e. The zero-order valence-corrected chi connectivity index (χ0v) is 15.8. The van der Waals surface area contributed by atoms with Gasteiger partial charge in [0.2, 0.25) is 0 Å². The third-order valence-corrected chi connectivity index (χ3v) is 4.50. The summed E-state index contributed by atoms with van der Waals surface area (Å²) in [5.41, 5.74) is 2.95. The largest absolute Gasteiger partial charge is 1.00 e. The molecule has 3 rings (SSSR count). The topological polar surface area (TPSA) is 33.0 Å². The number of aryl methyl sites for hydroxylation is 1. The summed E-state index contributed by atoms with van der Waals surface area (Å²) in [6, 6.07) is 12.1. The van der Waals surface area contributed by atoms with E-state index in [2.05, 4.69) is 41.3 Å². The Morgan fingerprint density at radius 1 is 1.12 bits per heavy atom. The average Bonchev–Trinajstić information content (AvgIpc) is 2.59. The monoisotopic (exact) mass is 388 g/mol. The van der Waals surface area contributed by atoms with E-state index in [0.717, 1.165) is 17.8 Å². The van der Waals surface area contributed by atoms with Crippen LogP contribution >= 0.6 is 0 Å². The van der Waals surface area contributed by atoms with Gasteiger partial charge in [-0.1, -0.05) is 31.9 Å². The molecule has 0 radical (unpaired) electrons. The van der Waals surface area contributed by atoms with Crippen molar-refractivity contribution in [2.75, 3.05) is 5.32 Å². The third kappa shape index (κ3) is 4.44. The summed E-state index contributed by atoms with van der Waals surface area (Å²) in [4.78, 5) is 12.4. The van der Waals surface area contributed by atoms with Gasteiger partial charge in [0.25, 0.3) is 0 Å². The number of hydrogen-bond acceptors (Lipinski definition) is 2. The summed E-state index contributed by atoms with van der Waals surface area (Å²) in [5.74, 6) is 0.225. The minimum absolute atomic E-state index is 0. The molecule has 0 fully saturated rings. The number of pyridine rings is 1. The molecule has 1 N–H and O–H groups in total. The van der Waals surface area contributed by atoms with Crippen LogP contribution in [-0.4, -0.2) is 5.78 Å². The number of rotatable bonds is 6. The minimum atomic E-state index is 0. The fourth-order valence-electron chi connectivity index (χ4n) is 3.20. The zero-order valence-electron chi connectivity index (χ0n) is 14.2. The van der Waals surface area contributed by atoms with Gasteiger partial charge in [-0.15, -0.1) is 0 Å². The molecule has 2 aromatic rings. The Kier molecular flexibility index (Phi) is 6.98. The van der Waals surface area contributed by atoms with E-state index in [4.69, 9.17) is 0 Å². The van der Waals surface area contributed by atoms with Crippen molar-refractivity contribution in [2.45, 2.75) is 51.6 Å². The van der Waals surface area contributed by atoms with Crippen LogP contribution in [0.15, 0.2) is 48.8 Å². The van der Waals surface area contributed by atoms with Crippen LogP contribution in [0, 0.1) is 0 Å². The lowest BCUT2D eigenvalue weighted by Gasteiger charge is -2.25. The number of ketones is 1. The highest BCUT2D eigenvalue weighted by Crippen LogP contribution is 2.31. The minimum Gasteiger partial charge on any atom is -1.00 e. The van der Waals surface area contributed by atoms with E-state index in [0.29, 0.717) is 6.42 Å². The molecule has 0 saturated carbocycles. The molecule has 0 bridgehead atoms. The van der Waals surface area contributed by atoms with E-state index in [1.807, 2.05) is 24.3 Å². The molecule has 1 unspecified atom stereocenters. The molecule has 0 aliphatic carbocycles. The quantitative estimate of drug-likeness (QED) is 0.597. The van der Waals surface area contributed by atoms with Crippen molar-refractivity contribution in [3.8, 4) is 0 Å². The van der Waals surface area contributed by atoms with Gasteiger partial charge >= 0.3 is 0 Å². The Bertz CT molecular complexity index is 687. The predicted octanol–water partition coefficient (Wildman–Crippen LogP) is 1.30. The molecular weight excluding hydrogens is 364 g/mol. The van der Waals surface area contributed by atoms with Crippen molar-refractivity contribution in [2.24, 2.45) is 0 Å². The maximum atomic E-state index is 12.4. The number of benzene rings is 1. The number of hydrogen-bond donors (Lipinski definition) is 1. The van der Waals surface area contributed by atoms with Gasteiger partial charge in [-0.05, 0) is 24.6 Å². The van der Waals surface area contributed by atoms with Gasteiger partial charge in [0.1, 0.15) is 6.54 Å². The zero-order chi connectivity index (χ0) is 16.1. The molecule has 1 aromatic heterocycles. The van der Waals surface area contributed by atoms with Crippen LogP contribution in [0.3, 0.4) is 0 Å². The van der Waals surface area contributed by atoms with E-state index in [9.17, 15) is 4.79 Å². The first-order chi connectivity index (χ1) is 11.3. The third-order valence-electron chi connectivity index (χ3n) is 4.50. The molecule has 24 heavy (non-hydrogen) atoms. The van der Waals surface area contributed by atoms with E-state index in [-0.39, 0.29) is 28.8 Å². The summed E-state index contributed by atoms with van der Waals surface area (Å²) in [7, 11) is 0. The standard InChI is InChI=1S/C20H24N2O.BrH/c1-2-3-4-7-12-22-13-8-9-16(15-22)19-14-20(23)17-10-5-6-11-18(17)21-19;/h5-6,8-11,13,15,19H,2-4,7,12,14H2,1H3;1H. The summed E-state index contributed by atoms with van der Waals surface area (Å²) in [6.45, 7) is 3.28. The second-order valence-corrected chi connectivity index (χ2v) is 6.31. The Hall–Kier alpha value is -1.68. The molecule has 4 heteroatoms. The summed E-state index contributed by atoms with van der Waals surface area (Å²) >= 11 is 0. The Morgan fingerprint density at radius 2 is 1.96 bits per heavy atom. The number of Topliss-reactive ketones (excluding diaryl/α,β-unsaturated/α-hetero) is 1. The molecule has 1 atom stereocenters. The van der Waals surface area contributed by atoms with Crippen molar-refractivity contribution in [1.29, 1.82) is 0 Å². The van der Waals surface area contributed by atoms with Crippen LogP contribution in [0.5, 0.6) is 0 Å². The van der Waals surface area contributed by atoms with Gasteiger partial charge in [-0.25, -0.2) is 4.57 Å². The Morgan fingerprint density at radius 3 is 2.79 bits per heavy atom. The Balaban J connectivity index is 0.00000208. The van der Waals surface area contributed by atoms with Gasteiger partial charge < -0.3 is 22.3 Å². The number of halogens is 1. The van der Waals surface area contributed by atoms with Crippen molar-refractivity contribution in [1.82, 2.24) is 0 Å². The van der Waals surface area contributed by atoms with Gasteiger partial charge in [0.15, 0.2) is 18.2 Å². The maximum absolute atomic E-state index is 12.4. The number of carbonyl (C=O) groups excluding carboxylic acids is 1. The van der Waals surface area contributed by atoms with Gasteiger partial charge in [-0.2, -0.15) is 0 Å². The lowest BCUT2D eigenvalue weighted by molar-refractivity contribution is -0.697. The van der Waals surface area contributed by atoms with Crippen LogP contribution in [0.1, 0.15) is 61.0 Å². The van der Waals surface area contributed by atoms with Gasteiger partial charge in [-0.3, -0.25) is 4.79 Å². The molecule has 1 aromatic carbocycles. The van der Waals surface area contributed by atoms with Crippen LogP contribution in [-0.2, 0) is 6.54 Å². The number of nitrogens with zero attached hydrogens (tertiary/aromatic N) is 1. The normalized spacial score (nSPS) is 16.0. The van der Waals surface area contributed by atoms with Gasteiger partial charge in [0.05, 0.1) is 6.04 Å². The molecule has 0 saturated heterocycles. The number of anilines is 1. The van der Waals surface area contributed by atoms with Crippen molar-refractivity contribution >= 4 is 11.5 Å². The summed E-state index contributed by atoms with van der Waals surface area (Å²) in [5, 5.41) is 3.51. The number of aromatic nitrogens is 1. The van der Waals surface area contributed by atoms with Crippen molar-refractivity contribution in [3.05, 3.63) is 59.9 Å². The fraction of sp³-hybridized carbons (Fsp3) is 0.400. The van der Waals surface area contributed by atoms with E-state index < -0.39 is 0 Å². The van der Waals surface area contributed by atoms with Crippen LogP contribution in [0.4, 0.5) is 5.69 Å². The number of carbonyl (C=O) groups is 1. The summed E-state index contributed by atoms with van der Waals surface area (Å²) in [6.07, 6.45) is 9.88. The number of para-hydroxylation sites is 1. The predicted molar refractivity (Wildman–Crippen MR) is 92.5 cm³/mol. The number of nitrogens with one attached hydrogen (secondary N) is 1. The van der Waals surface area contributed by atoms with Crippen LogP contribution < -0.4 is 26.9 Å². The summed E-state index contributed by atoms with van der Waals surface area (Å²) < 4.78 is 2.25. The SMILES string of the molecule is CCCCCC[n+]1cccc(C2CC(=O)c3ccccc3N2)c1.[Br-]. The van der Waals surface area contributed by atoms with Crippen LogP contribution in [0.25, 0.3) is 0 Å². The molecule has 2 heterocycles. The lowest BCUT2D eigenvalue weighted by atomic mass is 9.93. The molecule has 0 spiro atoms. The second-order valence-electron chi connectivity index (χ2n) is 6.31. The van der Waals surface area contributed by atoms with E-state index in [1.54, 1.807) is 0 Å². The number of unbranched alkanes of at least 4 members (excludes halogenated alkanes) is 3. The van der Waals surface area contributed by atoms with E-state index >= 15 is 0 Å². The first-order valence-electron chi connectivity index (χ1n) is 8.65. The molecule has 1 aliphatic rings. The first kappa shape index (κ1) is 18.7. The lowest BCUT2D eigenvalue weighted by Crippen LogP contribution is -3.00. The highest BCUT2D eigenvalue weighted by Gasteiger charge is 2.26. The van der Waals surface area contributed by atoms with Crippen molar-refractivity contribution < 1.29 is 26.3 Å². The number of fused-ring (bicyclic) bond motifs is 1. The van der Waals surface area contributed by atoms with Crippen LogP contribution in [0.2, 0.25) is 0 Å². The molecule has 3 nitrogen and oxygen atoms in total. The highest BCUT2D eigenvalue weighted by atomic mass is 79.9. The maximum Gasteiger partial charge on any atom is 0.174 e. The van der Waals surface area contributed by atoms with Gasteiger partial charge in [0, 0.05) is 35.7 Å². The highest BCUT2D eigenvalue weighted by molar-refractivity contribution is 6.03. The van der Waals surface area contributed by atoms with Crippen molar-refractivity contribution in [3.63, 3.8) is 0 Å². The average molecular weight is 389 g/mol. The van der Waals surface area contributed by atoms with E-state index in [1.165, 1.54) is 31.2 Å². The second kappa shape index (κ2) is 8.97. The molecular formula is C20H25BrN2O. The Labute approximate surface area is 154 Å². The fourth-order valence-corrected chi connectivity index (χ4v) is 3.20. The molecule has 0 amide bonds.